The second-order valence-electron chi connectivity index (χ2n) is 5.21. The quantitative estimate of drug-likeness (QED) is 0.925. The molecule has 1 aromatic rings. The van der Waals surface area contributed by atoms with Crippen LogP contribution in [0.5, 0.6) is 0 Å². The van der Waals surface area contributed by atoms with Crippen LogP contribution >= 0.6 is 0 Å². The Balaban J connectivity index is 2.32. The van der Waals surface area contributed by atoms with Gasteiger partial charge in [0.25, 0.3) is 0 Å². The second-order valence-corrected chi connectivity index (χ2v) is 7.11. The van der Waals surface area contributed by atoms with Gasteiger partial charge in [-0.15, -0.1) is 0 Å². The van der Waals surface area contributed by atoms with Crippen LogP contribution in [0.3, 0.4) is 0 Å². The fourth-order valence-electron chi connectivity index (χ4n) is 2.53. The minimum Gasteiger partial charge on any atom is -0.478 e. The van der Waals surface area contributed by atoms with Crippen molar-refractivity contribution in [1.29, 1.82) is 0 Å². The molecule has 1 fully saturated rings. The smallest absolute Gasteiger partial charge is 0.335 e. The van der Waals surface area contributed by atoms with Crippen molar-refractivity contribution < 1.29 is 22.7 Å². The van der Waals surface area contributed by atoms with Gasteiger partial charge >= 0.3 is 5.97 Å². The van der Waals surface area contributed by atoms with E-state index >= 15 is 0 Å². The first-order chi connectivity index (χ1) is 9.86. The topological polar surface area (TPSA) is 74.7 Å². The Hall–Kier alpha value is -1.47. The van der Waals surface area contributed by atoms with Crippen LogP contribution < -0.4 is 0 Å². The van der Waals surface area contributed by atoms with Gasteiger partial charge in [0.2, 0.25) is 10.0 Å². The minimum absolute atomic E-state index is 0.238. The molecule has 2 rings (SSSR count). The zero-order chi connectivity index (χ0) is 15.6. The summed E-state index contributed by atoms with van der Waals surface area (Å²) in [5, 5.41) is 8.91. The molecule has 1 aliphatic heterocycles. The van der Waals surface area contributed by atoms with Crippen molar-refractivity contribution in [2.75, 3.05) is 13.1 Å². The van der Waals surface area contributed by atoms with Gasteiger partial charge in [-0.25, -0.2) is 17.6 Å². The molecule has 0 bridgehead atoms. The number of nitrogens with zero attached hydrogens (tertiary/aromatic N) is 1. The maximum Gasteiger partial charge on any atom is 0.335 e. The van der Waals surface area contributed by atoms with E-state index in [2.05, 4.69) is 6.92 Å². The summed E-state index contributed by atoms with van der Waals surface area (Å²) >= 11 is 0. The van der Waals surface area contributed by atoms with E-state index in [0.29, 0.717) is 19.0 Å². The lowest BCUT2D eigenvalue weighted by Crippen LogP contribution is -2.38. The van der Waals surface area contributed by atoms with Gasteiger partial charge in [-0.2, -0.15) is 4.31 Å². The highest BCUT2D eigenvalue weighted by Crippen LogP contribution is 2.27. The number of benzene rings is 1. The molecule has 1 heterocycles. The largest absolute Gasteiger partial charge is 0.478 e. The standard InChI is InChI=1S/C14H18FNO4S/c1-2-10-5-7-16(8-6-10)21(19,20)13-9-11(14(17)18)3-4-12(13)15/h3-4,9-10H,2,5-8H2,1H3,(H,17,18). The average molecular weight is 315 g/mol. The van der Waals surface area contributed by atoms with E-state index in [0.717, 1.165) is 37.5 Å². The van der Waals surface area contributed by atoms with Crippen LogP contribution in [0, 0.1) is 11.7 Å². The van der Waals surface area contributed by atoms with Gasteiger partial charge in [-0.3, -0.25) is 0 Å². The Morgan fingerprint density at radius 3 is 2.52 bits per heavy atom. The molecule has 1 aromatic carbocycles. The van der Waals surface area contributed by atoms with E-state index < -0.39 is 26.7 Å². The predicted octanol–water partition coefficient (Wildman–Crippen LogP) is 2.33. The number of hydrogen-bond donors (Lipinski definition) is 1. The minimum atomic E-state index is -3.99. The van der Waals surface area contributed by atoms with Crippen molar-refractivity contribution in [3.63, 3.8) is 0 Å². The fraction of sp³-hybridized carbons (Fsp3) is 0.500. The van der Waals surface area contributed by atoms with Crippen LogP contribution in [-0.2, 0) is 10.0 Å². The maximum atomic E-state index is 13.8. The molecule has 1 saturated heterocycles. The van der Waals surface area contributed by atoms with Gasteiger partial charge < -0.3 is 5.11 Å². The second kappa shape index (κ2) is 6.11. The third-order valence-corrected chi connectivity index (χ3v) is 5.86. The molecule has 0 aromatic heterocycles. The average Bonchev–Trinajstić information content (AvgIpc) is 2.47. The van der Waals surface area contributed by atoms with Gasteiger partial charge in [0.15, 0.2) is 0 Å². The van der Waals surface area contributed by atoms with Crippen LogP contribution in [0.2, 0.25) is 0 Å². The number of carbonyl (C=O) groups is 1. The molecule has 0 aliphatic carbocycles. The third-order valence-electron chi connectivity index (χ3n) is 3.95. The highest BCUT2D eigenvalue weighted by molar-refractivity contribution is 7.89. The van der Waals surface area contributed by atoms with Crippen LogP contribution in [-0.4, -0.2) is 36.9 Å². The van der Waals surface area contributed by atoms with E-state index in [1.807, 2.05) is 0 Å². The molecule has 0 radical (unpaired) electrons. The van der Waals surface area contributed by atoms with Crippen LogP contribution in [0.1, 0.15) is 36.5 Å². The molecule has 0 unspecified atom stereocenters. The van der Waals surface area contributed by atoms with E-state index in [9.17, 15) is 17.6 Å². The number of aromatic carboxylic acids is 1. The molecular weight excluding hydrogens is 297 g/mol. The Morgan fingerprint density at radius 2 is 2.00 bits per heavy atom. The monoisotopic (exact) mass is 315 g/mol. The van der Waals surface area contributed by atoms with Crippen LogP contribution in [0.4, 0.5) is 4.39 Å². The number of hydrogen-bond acceptors (Lipinski definition) is 3. The van der Waals surface area contributed by atoms with E-state index in [1.165, 1.54) is 4.31 Å². The van der Waals surface area contributed by atoms with Gasteiger partial charge in [-0.05, 0) is 37.0 Å². The van der Waals surface area contributed by atoms with Gasteiger partial charge in [0, 0.05) is 13.1 Å². The highest BCUT2D eigenvalue weighted by Gasteiger charge is 2.31. The molecule has 116 valence electrons. The number of carboxylic acid groups (broad SMARTS) is 1. The van der Waals surface area contributed by atoms with E-state index in [4.69, 9.17) is 5.11 Å². The van der Waals surface area contributed by atoms with Gasteiger partial charge in [-0.1, -0.05) is 13.3 Å². The van der Waals surface area contributed by atoms with Crippen LogP contribution in [0.25, 0.3) is 0 Å². The summed E-state index contributed by atoms with van der Waals surface area (Å²) in [6.07, 6.45) is 2.49. The Labute approximate surface area is 123 Å². The SMILES string of the molecule is CCC1CCN(S(=O)(=O)c2cc(C(=O)O)ccc2F)CC1. The predicted molar refractivity (Wildman–Crippen MR) is 75.1 cm³/mol. The van der Waals surface area contributed by atoms with Crippen molar-refractivity contribution in [1.82, 2.24) is 4.31 Å². The number of halogens is 1. The van der Waals surface area contributed by atoms with Crippen molar-refractivity contribution in [3.05, 3.63) is 29.6 Å². The first-order valence-electron chi connectivity index (χ1n) is 6.89. The molecule has 0 atom stereocenters. The molecule has 1 N–H and O–H groups in total. The van der Waals surface area contributed by atoms with Crippen molar-refractivity contribution in [3.8, 4) is 0 Å². The van der Waals surface area contributed by atoms with Crippen molar-refractivity contribution >= 4 is 16.0 Å². The number of piperidine rings is 1. The fourth-order valence-corrected chi connectivity index (χ4v) is 4.09. The number of sulfonamides is 1. The third kappa shape index (κ3) is 3.24. The summed E-state index contributed by atoms with van der Waals surface area (Å²) in [5.74, 6) is -1.71. The summed E-state index contributed by atoms with van der Waals surface area (Å²) in [6, 6.07) is 2.83. The Morgan fingerprint density at radius 1 is 1.38 bits per heavy atom. The lowest BCUT2D eigenvalue weighted by atomic mass is 9.96. The molecule has 21 heavy (non-hydrogen) atoms. The summed E-state index contributed by atoms with van der Waals surface area (Å²) in [7, 11) is -3.99. The molecule has 0 saturated carbocycles. The Kier molecular flexibility index (Phi) is 4.63. The molecule has 1 aliphatic rings. The lowest BCUT2D eigenvalue weighted by Gasteiger charge is -2.30. The molecular formula is C14H18FNO4S. The Bertz CT molecular complexity index is 636. The first-order valence-corrected chi connectivity index (χ1v) is 8.33. The molecule has 0 amide bonds. The summed E-state index contributed by atoms with van der Waals surface area (Å²) in [6.45, 7) is 2.75. The zero-order valence-electron chi connectivity index (χ0n) is 11.8. The number of rotatable bonds is 4. The summed E-state index contributed by atoms with van der Waals surface area (Å²) < 4.78 is 40.0. The molecule has 7 heteroatoms. The van der Waals surface area contributed by atoms with Crippen molar-refractivity contribution in [2.45, 2.75) is 31.1 Å². The van der Waals surface area contributed by atoms with Gasteiger partial charge in [0.1, 0.15) is 10.7 Å². The first kappa shape index (κ1) is 15.9. The summed E-state index contributed by atoms with van der Waals surface area (Å²) in [5.41, 5.74) is -0.238. The highest BCUT2D eigenvalue weighted by atomic mass is 32.2. The van der Waals surface area contributed by atoms with Crippen LogP contribution in [0.15, 0.2) is 23.1 Å². The van der Waals surface area contributed by atoms with E-state index in [-0.39, 0.29) is 5.56 Å². The number of carboxylic acids is 1. The zero-order valence-corrected chi connectivity index (χ0v) is 12.6. The van der Waals surface area contributed by atoms with Gasteiger partial charge in [0.05, 0.1) is 5.56 Å². The molecule has 5 nitrogen and oxygen atoms in total. The lowest BCUT2D eigenvalue weighted by molar-refractivity contribution is 0.0696. The maximum absolute atomic E-state index is 13.8. The van der Waals surface area contributed by atoms with E-state index in [1.54, 1.807) is 0 Å². The summed E-state index contributed by atoms with van der Waals surface area (Å²) in [4.78, 5) is 10.4. The molecule has 0 spiro atoms. The van der Waals surface area contributed by atoms with Crippen molar-refractivity contribution in [2.24, 2.45) is 5.92 Å². The normalized spacial score (nSPS) is 17.8.